The highest BCUT2D eigenvalue weighted by atomic mass is 32.2. The fraction of sp³-hybridized carbons (Fsp3) is 0.286. The lowest BCUT2D eigenvalue weighted by Gasteiger charge is -2.01. The van der Waals surface area contributed by atoms with Gasteiger partial charge in [0.05, 0.1) is 5.03 Å². The molecule has 1 aromatic heterocycles. The van der Waals surface area contributed by atoms with Gasteiger partial charge in [0, 0.05) is 6.20 Å². The summed E-state index contributed by atoms with van der Waals surface area (Å²) < 4.78 is 0. The zero-order chi connectivity index (χ0) is 8.27. The molecule has 1 heterocycles. The van der Waals surface area contributed by atoms with Gasteiger partial charge in [0.15, 0.2) is 0 Å². The predicted octanol–water partition coefficient (Wildman–Crippen LogP) is 1.58. The van der Waals surface area contributed by atoms with Gasteiger partial charge < -0.3 is 10.1 Å². The van der Waals surface area contributed by atoms with Crippen molar-refractivity contribution in [2.75, 3.05) is 0 Å². The Kier molecular flexibility index (Phi) is 2.59. The largest absolute Gasteiger partial charge is 0.480 e. The van der Waals surface area contributed by atoms with E-state index < -0.39 is 11.2 Å². The topological polar surface area (TPSA) is 53.1 Å². The maximum Gasteiger partial charge on any atom is 0.316 e. The lowest BCUT2D eigenvalue weighted by Crippen LogP contribution is -2.10. The van der Waals surface area contributed by atoms with E-state index in [0.717, 1.165) is 5.03 Å². The number of carbonyl (C=O) groups is 1. The third kappa shape index (κ3) is 2.31. The van der Waals surface area contributed by atoms with Crippen LogP contribution in [0.25, 0.3) is 0 Å². The van der Waals surface area contributed by atoms with Crippen molar-refractivity contribution in [2.24, 2.45) is 0 Å². The van der Waals surface area contributed by atoms with Crippen LogP contribution in [0, 0.1) is 0 Å². The normalized spacial score (nSPS) is 12.8. The second-order valence-electron chi connectivity index (χ2n) is 2.13. The van der Waals surface area contributed by atoms with Crippen molar-refractivity contribution in [3.8, 4) is 0 Å². The monoisotopic (exact) mass is 171 g/mol. The number of aliphatic carboxylic acids is 1. The molecule has 2 N–H and O–H groups in total. The van der Waals surface area contributed by atoms with Crippen LogP contribution in [0.5, 0.6) is 0 Å². The molecule has 1 unspecified atom stereocenters. The molecule has 1 rings (SSSR count). The van der Waals surface area contributed by atoms with Crippen LogP contribution >= 0.6 is 11.8 Å². The van der Waals surface area contributed by atoms with Crippen molar-refractivity contribution in [3.05, 3.63) is 18.3 Å². The van der Waals surface area contributed by atoms with Crippen LogP contribution in [0.2, 0.25) is 0 Å². The summed E-state index contributed by atoms with van der Waals surface area (Å²) in [6.45, 7) is 1.66. The van der Waals surface area contributed by atoms with Crippen molar-refractivity contribution in [1.29, 1.82) is 0 Å². The van der Waals surface area contributed by atoms with E-state index in [2.05, 4.69) is 4.98 Å². The molecule has 0 saturated heterocycles. The molecule has 0 spiro atoms. The third-order valence-corrected chi connectivity index (χ3v) is 2.28. The lowest BCUT2D eigenvalue weighted by molar-refractivity contribution is -0.136. The van der Waals surface area contributed by atoms with Crippen molar-refractivity contribution >= 4 is 17.7 Å². The quantitative estimate of drug-likeness (QED) is 0.679. The number of rotatable bonds is 3. The van der Waals surface area contributed by atoms with E-state index in [1.165, 1.54) is 11.8 Å². The van der Waals surface area contributed by atoms with Crippen LogP contribution in [0.3, 0.4) is 0 Å². The summed E-state index contributed by atoms with van der Waals surface area (Å²) in [5.41, 5.74) is 0. The summed E-state index contributed by atoms with van der Waals surface area (Å²) in [7, 11) is 0. The molecular weight excluding hydrogens is 162 g/mol. The molecule has 0 aliphatic rings. The van der Waals surface area contributed by atoms with Crippen molar-refractivity contribution in [3.63, 3.8) is 0 Å². The van der Waals surface area contributed by atoms with Gasteiger partial charge in [-0.25, -0.2) is 0 Å². The van der Waals surface area contributed by atoms with E-state index >= 15 is 0 Å². The first kappa shape index (κ1) is 8.20. The van der Waals surface area contributed by atoms with Gasteiger partial charge in [0.1, 0.15) is 5.25 Å². The SMILES string of the molecule is CC(Sc1ccc[nH]1)C(=O)O. The summed E-state index contributed by atoms with van der Waals surface area (Å²) in [6, 6.07) is 3.70. The van der Waals surface area contributed by atoms with E-state index in [4.69, 9.17) is 5.11 Å². The van der Waals surface area contributed by atoms with Crippen LogP contribution in [0.15, 0.2) is 23.4 Å². The molecule has 3 nitrogen and oxygen atoms in total. The molecule has 0 aliphatic heterocycles. The number of H-pyrrole nitrogens is 1. The van der Waals surface area contributed by atoms with E-state index in [0.29, 0.717) is 0 Å². The van der Waals surface area contributed by atoms with Gasteiger partial charge in [-0.05, 0) is 19.1 Å². The van der Waals surface area contributed by atoms with Gasteiger partial charge in [-0.15, -0.1) is 0 Å². The Morgan fingerprint density at radius 1 is 1.82 bits per heavy atom. The Balaban J connectivity index is 2.50. The van der Waals surface area contributed by atoms with Gasteiger partial charge in [0.2, 0.25) is 0 Å². The maximum atomic E-state index is 10.4. The number of aromatic amines is 1. The van der Waals surface area contributed by atoms with Gasteiger partial charge >= 0.3 is 5.97 Å². The standard InChI is InChI=1S/C7H9NO2S/c1-5(7(9)10)11-6-3-2-4-8-6/h2-5,8H,1H3,(H,9,10). The van der Waals surface area contributed by atoms with Crippen LogP contribution < -0.4 is 0 Å². The smallest absolute Gasteiger partial charge is 0.316 e. The minimum Gasteiger partial charge on any atom is -0.480 e. The first-order valence-corrected chi connectivity index (χ1v) is 4.11. The van der Waals surface area contributed by atoms with E-state index in [1.807, 2.05) is 12.1 Å². The highest BCUT2D eigenvalue weighted by Gasteiger charge is 2.11. The van der Waals surface area contributed by atoms with E-state index in [-0.39, 0.29) is 0 Å². The summed E-state index contributed by atoms with van der Waals surface area (Å²) in [6.07, 6.45) is 1.77. The number of carboxylic acid groups (broad SMARTS) is 1. The van der Waals surface area contributed by atoms with Gasteiger partial charge in [-0.3, -0.25) is 4.79 Å². The molecule has 0 radical (unpaired) electrons. The lowest BCUT2D eigenvalue weighted by atomic mass is 10.5. The Morgan fingerprint density at radius 3 is 3.00 bits per heavy atom. The predicted molar refractivity (Wildman–Crippen MR) is 43.7 cm³/mol. The van der Waals surface area contributed by atoms with Crippen LogP contribution in [0.1, 0.15) is 6.92 Å². The third-order valence-electron chi connectivity index (χ3n) is 1.22. The molecule has 11 heavy (non-hydrogen) atoms. The van der Waals surface area contributed by atoms with Gasteiger partial charge in [0.25, 0.3) is 0 Å². The van der Waals surface area contributed by atoms with Crippen molar-refractivity contribution in [2.45, 2.75) is 17.2 Å². The van der Waals surface area contributed by atoms with Crippen LogP contribution in [0.4, 0.5) is 0 Å². The Hall–Kier alpha value is -0.900. The molecule has 0 bridgehead atoms. The molecule has 0 saturated carbocycles. The highest BCUT2D eigenvalue weighted by Crippen LogP contribution is 2.20. The number of hydrogen-bond donors (Lipinski definition) is 2. The number of aromatic nitrogens is 1. The summed E-state index contributed by atoms with van der Waals surface area (Å²) in [5, 5.41) is 9.04. The number of nitrogens with one attached hydrogen (secondary N) is 1. The van der Waals surface area contributed by atoms with Gasteiger partial charge in [-0.1, -0.05) is 11.8 Å². The van der Waals surface area contributed by atoms with Crippen molar-refractivity contribution in [1.82, 2.24) is 4.98 Å². The zero-order valence-corrected chi connectivity index (χ0v) is 6.89. The number of hydrogen-bond acceptors (Lipinski definition) is 2. The Labute approximate surface area is 68.8 Å². The minimum atomic E-state index is -0.787. The van der Waals surface area contributed by atoms with Crippen LogP contribution in [-0.4, -0.2) is 21.3 Å². The number of carboxylic acids is 1. The molecule has 1 atom stereocenters. The Bertz CT molecular complexity index is 233. The second-order valence-corrected chi connectivity index (χ2v) is 3.52. The molecule has 0 aromatic carbocycles. The zero-order valence-electron chi connectivity index (χ0n) is 6.07. The summed E-state index contributed by atoms with van der Waals surface area (Å²) >= 11 is 1.30. The first-order chi connectivity index (χ1) is 5.20. The van der Waals surface area contributed by atoms with Crippen LogP contribution in [-0.2, 0) is 4.79 Å². The molecular formula is C7H9NO2S. The molecule has 0 amide bonds. The second kappa shape index (κ2) is 3.48. The average molecular weight is 171 g/mol. The molecule has 0 aliphatic carbocycles. The molecule has 60 valence electrons. The van der Waals surface area contributed by atoms with Gasteiger partial charge in [-0.2, -0.15) is 0 Å². The molecule has 1 aromatic rings. The Morgan fingerprint density at radius 2 is 2.55 bits per heavy atom. The van der Waals surface area contributed by atoms with E-state index in [1.54, 1.807) is 13.1 Å². The van der Waals surface area contributed by atoms with Crippen molar-refractivity contribution < 1.29 is 9.90 Å². The maximum absolute atomic E-state index is 10.4. The molecule has 4 heteroatoms. The fourth-order valence-electron chi connectivity index (χ4n) is 0.628. The summed E-state index contributed by atoms with van der Waals surface area (Å²) in [4.78, 5) is 13.3. The number of thioether (sulfide) groups is 1. The van der Waals surface area contributed by atoms with E-state index in [9.17, 15) is 4.79 Å². The highest BCUT2D eigenvalue weighted by molar-refractivity contribution is 8.00. The molecule has 0 fully saturated rings. The summed E-state index contributed by atoms with van der Waals surface area (Å²) in [5.74, 6) is -0.787. The fourth-order valence-corrected chi connectivity index (χ4v) is 1.40. The first-order valence-electron chi connectivity index (χ1n) is 3.23. The minimum absolute atomic E-state index is 0.395. The average Bonchev–Trinajstić information content (AvgIpc) is 2.39.